The average molecular weight is 284 g/mol. The fourth-order valence-electron chi connectivity index (χ4n) is 1.48. The molecule has 4 N–H and O–H groups in total. The van der Waals surface area contributed by atoms with Gasteiger partial charge >= 0.3 is 18.0 Å². The summed E-state index contributed by atoms with van der Waals surface area (Å²) in [5.74, 6) is -2.39. The van der Waals surface area contributed by atoms with Gasteiger partial charge in [-0.3, -0.25) is 9.48 Å². The number of carboxylic acids is 2. The third-order valence-electron chi connectivity index (χ3n) is 2.60. The maximum absolute atomic E-state index is 11.5. The van der Waals surface area contributed by atoms with Gasteiger partial charge in [-0.2, -0.15) is 5.10 Å². The monoisotopic (exact) mass is 284 g/mol. The Hall–Kier alpha value is -2.58. The summed E-state index contributed by atoms with van der Waals surface area (Å²) >= 11 is 0. The molecule has 0 radical (unpaired) electrons. The second-order valence-electron chi connectivity index (χ2n) is 4.10. The molecule has 9 heteroatoms. The molecule has 0 aliphatic carbocycles. The predicted molar refractivity (Wildman–Crippen MR) is 66.9 cm³/mol. The predicted octanol–water partition coefficient (Wildman–Crippen LogP) is -0.463. The van der Waals surface area contributed by atoms with Gasteiger partial charge in [-0.15, -0.1) is 0 Å². The zero-order valence-corrected chi connectivity index (χ0v) is 10.9. The second kappa shape index (κ2) is 7.12. The van der Waals surface area contributed by atoms with E-state index in [-0.39, 0.29) is 19.4 Å². The molecule has 1 rings (SSSR count). The number of carbonyl (C=O) groups is 3. The van der Waals surface area contributed by atoms with Crippen molar-refractivity contribution in [2.75, 3.05) is 0 Å². The normalized spacial score (nSPS) is 11.7. The van der Waals surface area contributed by atoms with Crippen LogP contribution in [0.2, 0.25) is 0 Å². The van der Waals surface area contributed by atoms with Gasteiger partial charge < -0.3 is 20.8 Å². The minimum Gasteiger partial charge on any atom is -0.481 e. The van der Waals surface area contributed by atoms with Crippen LogP contribution in [0.5, 0.6) is 0 Å². The molecule has 9 nitrogen and oxygen atoms in total. The molecule has 0 aliphatic heterocycles. The van der Waals surface area contributed by atoms with E-state index in [0.717, 1.165) is 5.69 Å². The third-order valence-corrected chi connectivity index (χ3v) is 2.60. The number of carbonyl (C=O) groups excluding carboxylic acids is 1. The van der Waals surface area contributed by atoms with Gasteiger partial charge in [-0.25, -0.2) is 9.59 Å². The Kier molecular flexibility index (Phi) is 5.51. The molecule has 1 heterocycles. The van der Waals surface area contributed by atoms with E-state index in [2.05, 4.69) is 15.7 Å². The van der Waals surface area contributed by atoms with Gasteiger partial charge in [0.05, 0.1) is 12.2 Å². The highest BCUT2D eigenvalue weighted by molar-refractivity contribution is 5.82. The molecule has 0 saturated heterocycles. The van der Waals surface area contributed by atoms with Crippen LogP contribution in [0.3, 0.4) is 0 Å². The fraction of sp³-hybridized carbons (Fsp3) is 0.455. The van der Waals surface area contributed by atoms with E-state index >= 15 is 0 Å². The van der Waals surface area contributed by atoms with E-state index < -0.39 is 24.0 Å². The van der Waals surface area contributed by atoms with Gasteiger partial charge in [0.2, 0.25) is 0 Å². The highest BCUT2D eigenvalue weighted by Gasteiger charge is 2.20. The standard InChI is InChI=1S/C11H16N4O5/c1-15-7(4-5-13-15)6-12-11(20)14-8(10(18)19)2-3-9(16)17/h4-5,8H,2-3,6H2,1H3,(H,16,17)(H,18,19)(H2,12,14,20)/t8-/m0/s1. The van der Waals surface area contributed by atoms with E-state index in [9.17, 15) is 14.4 Å². The molecule has 0 saturated carbocycles. The van der Waals surface area contributed by atoms with Crippen LogP contribution in [-0.4, -0.2) is 44.0 Å². The second-order valence-corrected chi connectivity index (χ2v) is 4.10. The van der Waals surface area contributed by atoms with Crippen LogP contribution in [0.15, 0.2) is 12.3 Å². The van der Waals surface area contributed by atoms with Crippen LogP contribution in [0.25, 0.3) is 0 Å². The first-order chi connectivity index (χ1) is 9.40. The van der Waals surface area contributed by atoms with E-state index in [1.54, 1.807) is 24.0 Å². The molecule has 1 aromatic heterocycles. The number of hydrogen-bond donors (Lipinski definition) is 4. The summed E-state index contributed by atoms with van der Waals surface area (Å²) in [6, 6.07) is -0.207. The summed E-state index contributed by atoms with van der Waals surface area (Å²) in [5.41, 5.74) is 0.748. The maximum Gasteiger partial charge on any atom is 0.326 e. The Bertz CT molecular complexity index is 499. The average Bonchev–Trinajstić information content (AvgIpc) is 2.77. The summed E-state index contributed by atoms with van der Waals surface area (Å²) in [5, 5.41) is 26.0. The van der Waals surface area contributed by atoms with Crippen LogP contribution in [0.1, 0.15) is 18.5 Å². The van der Waals surface area contributed by atoms with Gasteiger partial charge in [0.15, 0.2) is 0 Å². The number of hydrogen-bond acceptors (Lipinski definition) is 4. The minimum atomic E-state index is -1.28. The Morgan fingerprint density at radius 2 is 2.10 bits per heavy atom. The Balaban J connectivity index is 2.43. The fourth-order valence-corrected chi connectivity index (χ4v) is 1.48. The smallest absolute Gasteiger partial charge is 0.326 e. The molecule has 0 spiro atoms. The summed E-state index contributed by atoms with van der Waals surface area (Å²) in [4.78, 5) is 32.8. The number of amides is 2. The first-order valence-electron chi connectivity index (χ1n) is 5.86. The number of rotatable bonds is 7. The lowest BCUT2D eigenvalue weighted by molar-refractivity contribution is -0.140. The SMILES string of the molecule is Cn1nccc1CNC(=O)N[C@@H](CCC(=O)O)C(=O)O. The van der Waals surface area contributed by atoms with Crippen molar-refractivity contribution in [2.24, 2.45) is 7.05 Å². The molecule has 0 bridgehead atoms. The molecule has 0 aromatic carbocycles. The Morgan fingerprint density at radius 1 is 1.40 bits per heavy atom. The highest BCUT2D eigenvalue weighted by atomic mass is 16.4. The summed E-state index contributed by atoms with van der Waals surface area (Å²) < 4.78 is 1.57. The number of carboxylic acid groups (broad SMARTS) is 2. The molecule has 0 fully saturated rings. The molecule has 0 aliphatic rings. The zero-order chi connectivity index (χ0) is 15.1. The van der Waals surface area contributed by atoms with E-state index in [1.165, 1.54) is 0 Å². The third kappa shape index (κ3) is 4.96. The number of nitrogens with one attached hydrogen (secondary N) is 2. The lowest BCUT2D eigenvalue weighted by atomic mass is 10.1. The molecular formula is C11H16N4O5. The molecule has 1 aromatic rings. The Morgan fingerprint density at radius 3 is 2.60 bits per heavy atom. The number of aryl methyl sites for hydroxylation is 1. The van der Waals surface area contributed by atoms with Gasteiger partial charge in [0.25, 0.3) is 0 Å². The quantitative estimate of drug-likeness (QED) is 0.535. The number of urea groups is 1. The molecule has 110 valence electrons. The van der Waals surface area contributed by atoms with Crippen LogP contribution < -0.4 is 10.6 Å². The van der Waals surface area contributed by atoms with Gasteiger partial charge in [0, 0.05) is 19.7 Å². The van der Waals surface area contributed by atoms with Crippen LogP contribution in [0, 0.1) is 0 Å². The van der Waals surface area contributed by atoms with Gasteiger partial charge in [-0.1, -0.05) is 0 Å². The zero-order valence-electron chi connectivity index (χ0n) is 10.9. The van der Waals surface area contributed by atoms with Crippen molar-refractivity contribution in [3.8, 4) is 0 Å². The van der Waals surface area contributed by atoms with Crippen LogP contribution in [-0.2, 0) is 23.2 Å². The van der Waals surface area contributed by atoms with Crippen molar-refractivity contribution in [1.29, 1.82) is 0 Å². The van der Waals surface area contributed by atoms with E-state index in [4.69, 9.17) is 10.2 Å². The first kappa shape index (κ1) is 15.5. The summed E-state index contributed by atoms with van der Waals surface area (Å²) in [6.07, 6.45) is 1.06. The Labute approximate surface area is 114 Å². The van der Waals surface area contributed by atoms with Crippen molar-refractivity contribution in [3.05, 3.63) is 18.0 Å². The van der Waals surface area contributed by atoms with Crippen molar-refractivity contribution in [3.63, 3.8) is 0 Å². The molecule has 1 atom stereocenters. The van der Waals surface area contributed by atoms with E-state index in [1.807, 2.05) is 0 Å². The van der Waals surface area contributed by atoms with E-state index in [0.29, 0.717) is 0 Å². The van der Waals surface area contributed by atoms with Crippen LogP contribution in [0.4, 0.5) is 4.79 Å². The lowest BCUT2D eigenvalue weighted by Gasteiger charge is -2.14. The summed E-state index contributed by atoms with van der Waals surface area (Å²) in [6.45, 7) is 0.188. The highest BCUT2D eigenvalue weighted by Crippen LogP contribution is 1.99. The van der Waals surface area contributed by atoms with Gasteiger partial charge in [0.1, 0.15) is 6.04 Å². The minimum absolute atomic E-state index is 0.177. The summed E-state index contributed by atoms with van der Waals surface area (Å²) in [7, 11) is 1.71. The van der Waals surface area contributed by atoms with Crippen molar-refractivity contribution in [2.45, 2.75) is 25.4 Å². The first-order valence-corrected chi connectivity index (χ1v) is 5.86. The molecule has 2 amide bonds. The van der Waals surface area contributed by atoms with Crippen molar-refractivity contribution >= 4 is 18.0 Å². The number of aromatic nitrogens is 2. The lowest BCUT2D eigenvalue weighted by Crippen LogP contribution is -2.46. The molecular weight excluding hydrogens is 268 g/mol. The van der Waals surface area contributed by atoms with Gasteiger partial charge in [-0.05, 0) is 12.5 Å². The maximum atomic E-state index is 11.5. The topological polar surface area (TPSA) is 134 Å². The number of nitrogens with zero attached hydrogens (tertiary/aromatic N) is 2. The largest absolute Gasteiger partial charge is 0.481 e. The van der Waals surface area contributed by atoms with Crippen LogP contribution >= 0.6 is 0 Å². The molecule has 20 heavy (non-hydrogen) atoms. The van der Waals surface area contributed by atoms with Crippen molar-refractivity contribution < 1.29 is 24.6 Å². The number of aliphatic carboxylic acids is 2. The van der Waals surface area contributed by atoms with Crippen molar-refractivity contribution in [1.82, 2.24) is 20.4 Å². The molecule has 0 unspecified atom stereocenters.